The van der Waals surface area contributed by atoms with E-state index in [4.69, 9.17) is 11.3 Å². The monoisotopic (exact) mass is 188 g/mol. The summed E-state index contributed by atoms with van der Waals surface area (Å²) < 4.78 is 0. The van der Waals surface area contributed by atoms with Crippen LogP contribution >= 0.6 is 0 Å². The molecule has 0 heterocycles. The third-order valence-corrected chi connectivity index (χ3v) is 1.46. The molecule has 70 valence electrons. The van der Waals surface area contributed by atoms with E-state index < -0.39 is 0 Å². The van der Waals surface area contributed by atoms with Crippen molar-refractivity contribution in [3.63, 3.8) is 0 Å². The van der Waals surface area contributed by atoms with E-state index in [1.54, 1.807) is 12.1 Å². The summed E-state index contributed by atoms with van der Waals surface area (Å²) in [5.41, 5.74) is 14.4. The average Bonchev–Trinajstić information content (AvgIpc) is 2.18. The fraction of sp³-hybridized carbons (Fsp3) is 0.111. The van der Waals surface area contributed by atoms with Crippen LogP contribution in [0.3, 0.4) is 0 Å². The van der Waals surface area contributed by atoms with Crippen molar-refractivity contribution in [3.05, 3.63) is 34.2 Å². The maximum absolute atomic E-state index is 9.33. The molecule has 0 aliphatic carbocycles. The van der Waals surface area contributed by atoms with Crippen LogP contribution in [0.4, 0.5) is 5.69 Å². The largest absolute Gasteiger partial charge is 0.507 e. The summed E-state index contributed by atoms with van der Waals surface area (Å²) in [4.78, 5) is 2.54. The highest BCUT2D eigenvalue weighted by molar-refractivity contribution is 5.54. The number of benzene rings is 1. The van der Waals surface area contributed by atoms with Crippen LogP contribution in [0, 0.1) is 11.8 Å². The SMILES string of the molecule is [N-]=[N+]=NCC#Cc1cc(N)ccc1O. The molecule has 0 aromatic heterocycles. The minimum atomic E-state index is 0.0626. The van der Waals surface area contributed by atoms with Crippen molar-refractivity contribution in [2.24, 2.45) is 5.11 Å². The van der Waals surface area contributed by atoms with Crippen LogP contribution < -0.4 is 5.73 Å². The van der Waals surface area contributed by atoms with Crippen LogP contribution in [0.5, 0.6) is 5.75 Å². The maximum Gasteiger partial charge on any atom is 0.131 e. The van der Waals surface area contributed by atoms with E-state index in [0.717, 1.165) is 0 Å². The van der Waals surface area contributed by atoms with Crippen molar-refractivity contribution in [1.82, 2.24) is 0 Å². The molecule has 1 rings (SSSR count). The van der Waals surface area contributed by atoms with E-state index in [2.05, 4.69) is 21.9 Å². The Balaban J connectivity index is 2.88. The van der Waals surface area contributed by atoms with Gasteiger partial charge in [0.05, 0.1) is 12.1 Å². The fourth-order valence-corrected chi connectivity index (χ4v) is 0.856. The molecular formula is C9H8N4O. The van der Waals surface area contributed by atoms with Crippen molar-refractivity contribution in [2.45, 2.75) is 0 Å². The summed E-state index contributed by atoms with van der Waals surface area (Å²) in [7, 11) is 0. The summed E-state index contributed by atoms with van der Waals surface area (Å²) in [5, 5.41) is 12.6. The van der Waals surface area contributed by atoms with E-state index in [0.29, 0.717) is 11.3 Å². The third-order valence-electron chi connectivity index (χ3n) is 1.46. The van der Waals surface area contributed by atoms with Gasteiger partial charge in [-0.3, -0.25) is 0 Å². The van der Waals surface area contributed by atoms with E-state index in [9.17, 15) is 5.11 Å². The molecule has 0 fully saturated rings. The predicted octanol–water partition coefficient (Wildman–Crippen LogP) is 1.64. The molecule has 0 bridgehead atoms. The number of nitrogen functional groups attached to an aromatic ring is 1. The molecule has 1 aromatic carbocycles. The molecule has 0 amide bonds. The van der Waals surface area contributed by atoms with Gasteiger partial charge in [-0.2, -0.15) is 0 Å². The first kappa shape index (κ1) is 9.78. The lowest BCUT2D eigenvalue weighted by molar-refractivity contribution is 0.474. The van der Waals surface area contributed by atoms with Crippen molar-refractivity contribution < 1.29 is 5.11 Å². The minimum absolute atomic E-state index is 0.0626. The Bertz CT molecular complexity index is 438. The molecule has 0 saturated heterocycles. The highest BCUT2D eigenvalue weighted by atomic mass is 16.3. The molecule has 5 nitrogen and oxygen atoms in total. The normalized spacial score (nSPS) is 8.29. The Morgan fingerprint density at radius 2 is 2.36 bits per heavy atom. The van der Waals surface area contributed by atoms with Crippen molar-refractivity contribution in [3.8, 4) is 17.6 Å². The average molecular weight is 188 g/mol. The molecule has 0 atom stereocenters. The Labute approximate surface area is 80.8 Å². The molecule has 1 aromatic rings. The molecule has 0 unspecified atom stereocenters. The van der Waals surface area contributed by atoms with Crippen LogP contribution in [-0.2, 0) is 0 Å². The van der Waals surface area contributed by atoms with Crippen LogP contribution in [0.15, 0.2) is 23.3 Å². The van der Waals surface area contributed by atoms with Crippen molar-refractivity contribution >= 4 is 5.69 Å². The second kappa shape index (κ2) is 4.65. The first-order valence-corrected chi connectivity index (χ1v) is 3.82. The summed E-state index contributed by atoms with van der Waals surface area (Å²) in [6.45, 7) is 0.0741. The van der Waals surface area contributed by atoms with Gasteiger partial charge in [0.15, 0.2) is 0 Å². The van der Waals surface area contributed by atoms with Gasteiger partial charge in [-0.05, 0) is 23.7 Å². The lowest BCUT2D eigenvalue weighted by Gasteiger charge is -1.97. The zero-order valence-electron chi connectivity index (χ0n) is 7.31. The molecule has 0 saturated carbocycles. The third kappa shape index (κ3) is 2.63. The number of phenols is 1. The predicted molar refractivity (Wildman–Crippen MR) is 53.4 cm³/mol. The highest BCUT2D eigenvalue weighted by Crippen LogP contribution is 2.17. The molecule has 5 heteroatoms. The number of hydrogen-bond donors (Lipinski definition) is 2. The number of phenolic OH excluding ortho intramolecular Hbond substituents is 1. The van der Waals surface area contributed by atoms with Gasteiger partial charge in [0.2, 0.25) is 0 Å². The van der Waals surface area contributed by atoms with Crippen molar-refractivity contribution in [1.29, 1.82) is 0 Å². The first-order valence-electron chi connectivity index (χ1n) is 3.82. The van der Waals surface area contributed by atoms with Crippen molar-refractivity contribution in [2.75, 3.05) is 12.3 Å². The summed E-state index contributed by atoms with van der Waals surface area (Å²) in [5.74, 6) is 5.29. The quantitative estimate of drug-likeness (QED) is 0.175. The van der Waals surface area contributed by atoms with E-state index in [1.165, 1.54) is 6.07 Å². The smallest absolute Gasteiger partial charge is 0.131 e. The summed E-state index contributed by atoms with van der Waals surface area (Å²) in [6, 6.07) is 4.60. The molecular weight excluding hydrogens is 180 g/mol. The van der Waals surface area contributed by atoms with Crippen LogP contribution in [0.2, 0.25) is 0 Å². The number of azide groups is 1. The number of nitrogens with two attached hydrogens (primary N) is 1. The minimum Gasteiger partial charge on any atom is -0.507 e. The molecule has 0 aliphatic rings. The van der Waals surface area contributed by atoms with Gasteiger partial charge >= 0.3 is 0 Å². The zero-order valence-corrected chi connectivity index (χ0v) is 7.31. The number of rotatable bonds is 1. The topological polar surface area (TPSA) is 95.0 Å². The van der Waals surface area contributed by atoms with Gasteiger partial charge in [-0.15, -0.1) is 0 Å². The van der Waals surface area contributed by atoms with Gasteiger partial charge < -0.3 is 10.8 Å². The summed E-state index contributed by atoms with van der Waals surface area (Å²) >= 11 is 0. The highest BCUT2D eigenvalue weighted by Gasteiger charge is 1.96. The Kier molecular flexibility index (Phi) is 3.25. The van der Waals surface area contributed by atoms with Crippen LogP contribution in [0.1, 0.15) is 5.56 Å². The standard InChI is InChI=1S/C9H8N4O/c10-8-3-4-9(14)7(6-8)2-1-5-12-13-11/h3-4,6,14H,5,10H2. The van der Waals surface area contributed by atoms with Gasteiger partial charge in [-0.25, -0.2) is 0 Å². The number of hydrogen-bond acceptors (Lipinski definition) is 3. The van der Waals surface area contributed by atoms with Gasteiger partial charge in [0.1, 0.15) is 5.75 Å². The van der Waals surface area contributed by atoms with E-state index in [1.807, 2.05) is 0 Å². The Morgan fingerprint density at radius 1 is 1.57 bits per heavy atom. The molecule has 3 N–H and O–H groups in total. The van der Waals surface area contributed by atoms with Crippen LogP contribution in [0.25, 0.3) is 10.4 Å². The van der Waals surface area contributed by atoms with Gasteiger partial charge in [0, 0.05) is 10.6 Å². The number of nitrogens with zero attached hydrogens (tertiary/aromatic N) is 3. The van der Waals surface area contributed by atoms with Gasteiger partial charge in [0.25, 0.3) is 0 Å². The molecule has 0 spiro atoms. The van der Waals surface area contributed by atoms with E-state index >= 15 is 0 Å². The number of aromatic hydroxyl groups is 1. The lowest BCUT2D eigenvalue weighted by atomic mass is 10.2. The molecule has 14 heavy (non-hydrogen) atoms. The second-order valence-electron chi connectivity index (χ2n) is 2.47. The maximum atomic E-state index is 9.33. The molecule has 0 radical (unpaired) electrons. The lowest BCUT2D eigenvalue weighted by Crippen LogP contribution is -1.85. The second-order valence-corrected chi connectivity index (χ2v) is 2.47. The summed E-state index contributed by atoms with van der Waals surface area (Å²) in [6.07, 6.45) is 0. The number of anilines is 1. The molecule has 0 aliphatic heterocycles. The van der Waals surface area contributed by atoms with Gasteiger partial charge in [-0.1, -0.05) is 17.0 Å². The Hall–Kier alpha value is -2.31. The Morgan fingerprint density at radius 3 is 3.07 bits per heavy atom. The van der Waals surface area contributed by atoms with E-state index in [-0.39, 0.29) is 12.3 Å². The fourth-order valence-electron chi connectivity index (χ4n) is 0.856. The zero-order chi connectivity index (χ0) is 10.4. The van der Waals surface area contributed by atoms with Crippen LogP contribution in [-0.4, -0.2) is 11.7 Å². The first-order chi connectivity index (χ1) is 6.74.